The molecule has 0 saturated heterocycles. The van der Waals surface area contributed by atoms with Gasteiger partial charge in [0.05, 0.1) is 28.7 Å². The summed E-state index contributed by atoms with van der Waals surface area (Å²) in [5, 5.41) is 25.8. The minimum absolute atomic E-state index is 0.0305. The third kappa shape index (κ3) is 2.53. The third-order valence-corrected chi connectivity index (χ3v) is 4.61. The molecule has 0 spiro atoms. The van der Waals surface area contributed by atoms with Gasteiger partial charge in [0.25, 0.3) is 0 Å². The average molecular weight is 383 g/mol. The fraction of sp³-hybridized carbons (Fsp3) is 0.100. The van der Waals surface area contributed by atoms with Crippen LogP contribution < -0.4 is 0 Å². The molecule has 0 unspecified atom stereocenters. The van der Waals surface area contributed by atoms with Gasteiger partial charge >= 0.3 is 0 Å². The summed E-state index contributed by atoms with van der Waals surface area (Å²) in [5.74, 6) is -0.858. The number of halogens is 2. The van der Waals surface area contributed by atoms with Gasteiger partial charge in [-0.15, -0.1) is 0 Å². The van der Waals surface area contributed by atoms with E-state index in [2.05, 4.69) is 10.3 Å². The number of phenols is 1. The molecule has 0 saturated carbocycles. The summed E-state index contributed by atoms with van der Waals surface area (Å²) in [6.07, 6.45) is 1.06. The van der Waals surface area contributed by atoms with Gasteiger partial charge in [0, 0.05) is 16.6 Å². The van der Waals surface area contributed by atoms with E-state index in [0.717, 1.165) is 18.3 Å². The van der Waals surface area contributed by atoms with E-state index >= 15 is 0 Å². The van der Waals surface area contributed by atoms with Gasteiger partial charge in [-0.2, -0.15) is 0 Å². The number of nitrogens with zero attached hydrogens (tertiary/aromatic N) is 3. The van der Waals surface area contributed by atoms with E-state index in [1.165, 1.54) is 16.7 Å². The molecule has 0 atom stereocenters. The standard InChI is InChI=1S/C20H15F2N3O3/c1-10-17(11(2)28-24-10)19-14(9-23-27)18-15(21)7-8-16(22)20(18)25(19)12-3-5-13(26)6-4-12/h3-9,26-27H,1-2H3. The minimum atomic E-state index is -0.670. The van der Waals surface area contributed by atoms with E-state index in [-0.39, 0.29) is 22.2 Å². The molecule has 28 heavy (non-hydrogen) atoms. The summed E-state index contributed by atoms with van der Waals surface area (Å²) in [6, 6.07) is 8.07. The Kier molecular flexibility index (Phi) is 4.11. The number of rotatable bonds is 3. The summed E-state index contributed by atoms with van der Waals surface area (Å²) in [6.45, 7) is 3.39. The van der Waals surface area contributed by atoms with Crippen molar-refractivity contribution in [3.63, 3.8) is 0 Å². The average Bonchev–Trinajstić information content (AvgIpc) is 3.17. The lowest BCUT2D eigenvalue weighted by Gasteiger charge is -2.12. The molecular weight excluding hydrogens is 368 g/mol. The Labute approximate surface area is 157 Å². The first-order chi connectivity index (χ1) is 13.4. The van der Waals surface area contributed by atoms with Gasteiger partial charge in [0.15, 0.2) is 0 Å². The van der Waals surface area contributed by atoms with Crippen LogP contribution in [0.5, 0.6) is 5.75 Å². The van der Waals surface area contributed by atoms with Crippen molar-refractivity contribution in [1.82, 2.24) is 9.72 Å². The molecular formula is C20H15F2N3O3. The molecule has 2 aromatic heterocycles. The Morgan fingerprint density at radius 2 is 1.75 bits per heavy atom. The second-order valence-electron chi connectivity index (χ2n) is 6.31. The SMILES string of the molecule is Cc1noc(C)c1-c1c(C=NO)c2c(F)ccc(F)c2n1-c1ccc(O)cc1. The van der Waals surface area contributed by atoms with Crippen molar-refractivity contribution >= 4 is 17.1 Å². The smallest absolute Gasteiger partial charge is 0.148 e. The highest BCUT2D eigenvalue weighted by molar-refractivity contribution is 6.08. The first kappa shape index (κ1) is 17.7. The normalized spacial score (nSPS) is 11.7. The van der Waals surface area contributed by atoms with E-state index < -0.39 is 11.6 Å². The van der Waals surface area contributed by atoms with Gasteiger partial charge in [-0.3, -0.25) is 0 Å². The van der Waals surface area contributed by atoms with Crippen molar-refractivity contribution in [2.24, 2.45) is 5.16 Å². The van der Waals surface area contributed by atoms with Crippen LogP contribution in [-0.2, 0) is 0 Å². The van der Waals surface area contributed by atoms with Gasteiger partial charge in [0.1, 0.15) is 23.1 Å². The van der Waals surface area contributed by atoms with E-state index in [0.29, 0.717) is 28.4 Å². The molecule has 6 nitrogen and oxygen atoms in total. The number of aromatic nitrogens is 2. The molecule has 2 N–H and O–H groups in total. The van der Waals surface area contributed by atoms with Crippen molar-refractivity contribution in [3.05, 3.63) is 65.1 Å². The highest BCUT2D eigenvalue weighted by Crippen LogP contribution is 2.40. The molecule has 8 heteroatoms. The maximum Gasteiger partial charge on any atom is 0.148 e. The van der Waals surface area contributed by atoms with E-state index in [1.54, 1.807) is 26.0 Å². The highest BCUT2D eigenvalue weighted by Gasteiger charge is 2.27. The lowest BCUT2D eigenvalue weighted by molar-refractivity contribution is 0.322. The molecule has 4 aromatic rings. The van der Waals surface area contributed by atoms with Crippen LogP contribution in [0.3, 0.4) is 0 Å². The fourth-order valence-corrected chi connectivity index (χ4v) is 3.48. The zero-order chi connectivity index (χ0) is 20.0. The van der Waals surface area contributed by atoms with Crippen molar-refractivity contribution in [2.45, 2.75) is 13.8 Å². The van der Waals surface area contributed by atoms with Gasteiger partial charge in [0.2, 0.25) is 0 Å². The van der Waals surface area contributed by atoms with Gasteiger partial charge in [-0.05, 0) is 50.2 Å². The lowest BCUT2D eigenvalue weighted by Crippen LogP contribution is -2.00. The zero-order valence-corrected chi connectivity index (χ0v) is 14.9. The van der Waals surface area contributed by atoms with Crippen LogP contribution in [0.2, 0.25) is 0 Å². The fourth-order valence-electron chi connectivity index (χ4n) is 3.48. The lowest BCUT2D eigenvalue weighted by atomic mass is 10.0. The molecule has 0 fully saturated rings. The van der Waals surface area contributed by atoms with Crippen LogP contribution in [0.4, 0.5) is 8.78 Å². The second kappa shape index (κ2) is 6.49. The van der Waals surface area contributed by atoms with E-state index in [1.807, 2.05) is 0 Å². The van der Waals surface area contributed by atoms with Crippen LogP contribution in [0.15, 0.2) is 46.1 Å². The Bertz CT molecular complexity index is 1200. The second-order valence-corrected chi connectivity index (χ2v) is 6.31. The van der Waals surface area contributed by atoms with Gasteiger partial charge in [-0.25, -0.2) is 8.78 Å². The molecule has 0 amide bonds. The van der Waals surface area contributed by atoms with Crippen molar-refractivity contribution < 1.29 is 23.6 Å². The first-order valence-corrected chi connectivity index (χ1v) is 8.36. The molecule has 0 bridgehead atoms. The zero-order valence-electron chi connectivity index (χ0n) is 14.9. The number of oxime groups is 1. The summed E-state index contributed by atoms with van der Waals surface area (Å²) in [4.78, 5) is 0. The number of fused-ring (bicyclic) bond motifs is 1. The Hall–Kier alpha value is -3.68. The summed E-state index contributed by atoms with van der Waals surface area (Å²) >= 11 is 0. The van der Waals surface area contributed by atoms with E-state index in [4.69, 9.17) is 4.52 Å². The number of hydrogen-bond acceptors (Lipinski definition) is 5. The molecule has 0 aliphatic rings. The Morgan fingerprint density at radius 3 is 2.36 bits per heavy atom. The van der Waals surface area contributed by atoms with Crippen molar-refractivity contribution in [3.8, 4) is 22.7 Å². The van der Waals surface area contributed by atoms with Crippen molar-refractivity contribution in [1.29, 1.82) is 0 Å². The number of phenolic OH excluding ortho intramolecular Hbond substituents is 1. The van der Waals surface area contributed by atoms with Crippen LogP contribution in [-0.4, -0.2) is 26.3 Å². The number of benzene rings is 2. The maximum atomic E-state index is 14.9. The molecule has 0 radical (unpaired) electrons. The summed E-state index contributed by atoms with van der Waals surface area (Å²) in [7, 11) is 0. The Balaban J connectivity index is 2.27. The molecule has 142 valence electrons. The topological polar surface area (TPSA) is 83.8 Å². The predicted octanol–water partition coefficient (Wildman–Crippen LogP) is 4.69. The molecule has 0 aliphatic heterocycles. The minimum Gasteiger partial charge on any atom is -0.508 e. The van der Waals surface area contributed by atoms with Crippen molar-refractivity contribution in [2.75, 3.05) is 0 Å². The number of aromatic hydroxyl groups is 1. The quantitative estimate of drug-likeness (QED) is 0.305. The van der Waals surface area contributed by atoms with Crippen LogP contribution in [0.25, 0.3) is 27.8 Å². The van der Waals surface area contributed by atoms with Crippen LogP contribution in [0, 0.1) is 25.5 Å². The Morgan fingerprint density at radius 1 is 1.07 bits per heavy atom. The monoisotopic (exact) mass is 383 g/mol. The predicted molar refractivity (Wildman–Crippen MR) is 99.2 cm³/mol. The van der Waals surface area contributed by atoms with Gasteiger partial charge < -0.3 is 19.4 Å². The summed E-state index contributed by atoms with van der Waals surface area (Å²) < 4.78 is 36.4. The van der Waals surface area contributed by atoms with Gasteiger partial charge in [-0.1, -0.05) is 10.3 Å². The molecule has 2 heterocycles. The molecule has 4 rings (SSSR count). The number of aryl methyl sites for hydroxylation is 2. The first-order valence-electron chi connectivity index (χ1n) is 8.36. The third-order valence-electron chi connectivity index (χ3n) is 4.61. The largest absolute Gasteiger partial charge is 0.508 e. The van der Waals surface area contributed by atoms with Crippen LogP contribution in [0.1, 0.15) is 17.0 Å². The highest BCUT2D eigenvalue weighted by atomic mass is 19.1. The molecule has 2 aromatic carbocycles. The summed E-state index contributed by atoms with van der Waals surface area (Å²) in [5.41, 5.74) is 2.01. The van der Waals surface area contributed by atoms with Crippen LogP contribution >= 0.6 is 0 Å². The molecule has 0 aliphatic carbocycles. The van der Waals surface area contributed by atoms with E-state index in [9.17, 15) is 19.1 Å². The maximum absolute atomic E-state index is 14.9. The number of hydrogen-bond donors (Lipinski definition) is 2.